The van der Waals surface area contributed by atoms with Crippen LogP contribution in [0.4, 0.5) is 0 Å². The molecule has 2 atom stereocenters. The first-order valence-electron chi connectivity index (χ1n) is 5.06. The highest BCUT2D eigenvalue weighted by atomic mass is 16.3. The minimum atomic E-state index is 0.174. The smallest absolute Gasteiger partial charge is 0.219 e. The molecule has 0 bridgehead atoms. The SMILES string of the molecule is CC(=O)N1[C@H](CCCO)CC[C@H]1C. The zero-order chi connectivity index (χ0) is 9.84. The molecule has 1 rings (SSSR count). The van der Waals surface area contributed by atoms with Crippen molar-refractivity contribution in [2.24, 2.45) is 0 Å². The Morgan fingerprint density at radius 3 is 2.77 bits per heavy atom. The normalized spacial score (nSPS) is 28.1. The van der Waals surface area contributed by atoms with Crippen molar-refractivity contribution < 1.29 is 9.90 Å². The minimum absolute atomic E-state index is 0.174. The molecule has 0 aliphatic carbocycles. The fourth-order valence-electron chi connectivity index (χ4n) is 2.25. The lowest BCUT2D eigenvalue weighted by Gasteiger charge is -2.27. The first-order chi connectivity index (χ1) is 6.16. The molecule has 0 unspecified atom stereocenters. The molecule has 1 aliphatic heterocycles. The van der Waals surface area contributed by atoms with Crippen LogP contribution in [0.2, 0.25) is 0 Å². The second-order valence-electron chi connectivity index (χ2n) is 3.87. The molecular formula is C10H19NO2. The van der Waals surface area contributed by atoms with Gasteiger partial charge >= 0.3 is 0 Å². The van der Waals surface area contributed by atoms with Gasteiger partial charge in [0, 0.05) is 25.6 Å². The molecule has 0 aromatic carbocycles. The van der Waals surface area contributed by atoms with Crippen molar-refractivity contribution in [1.82, 2.24) is 4.90 Å². The summed E-state index contributed by atoms with van der Waals surface area (Å²) in [7, 11) is 0. The molecule has 76 valence electrons. The summed E-state index contributed by atoms with van der Waals surface area (Å²) in [5, 5.41) is 8.71. The lowest BCUT2D eigenvalue weighted by Crippen LogP contribution is -2.38. The molecule has 1 saturated heterocycles. The summed E-state index contributed by atoms with van der Waals surface area (Å²) in [5.74, 6) is 0.174. The van der Waals surface area contributed by atoms with Crippen LogP contribution in [0, 0.1) is 0 Å². The van der Waals surface area contributed by atoms with Crippen molar-refractivity contribution >= 4 is 5.91 Å². The van der Waals surface area contributed by atoms with Gasteiger partial charge in [0.1, 0.15) is 0 Å². The summed E-state index contributed by atoms with van der Waals surface area (Å²) in [4.78, 5) is 13.3. The van der Waals surface area contributed by atoms with Crippen LogP contribution in [-0.4, -0.2) is 34.6 Å². The fraction of sp³-hybridized carbons (Fsp3) is 0.900. The van der Waals surface area contributed by atoms with E-state index in [2.05, 4.69) is 6.92 Å². The predicted molar refractivity (Wildman–Crippen MR) is 51.3 cm³/mol. The minimum Gasteiger partial charge on any atom is -0.396 e. The zero-order valence-corrected chi connectivity index (χ0v) is 8.49. The molecular weight excluding hydrogens is 166 g/mol. The summed E-state index contributed by atoms with van der Waals surface area (Å²) < 4.78 is 0. The van der Waals surface area contributed by atoms with Crippen LogP contribution in [0.3, 0.4) is 0 Å². The van der Waals surface area contributed by atoms with E-state index in [1.165, 1.54) is 0 Å². The number of hydrogen-bond acceptors (Lipinski definition) is 2. The van der Waals surface area contributed by atoms with Crippen LogP contribution in [0.15, 0.2) is 0 Å². The van der Waals surface area contributed by atoms with Gasteiger partial charge in [0.15, 0.2) is 0 Å². The lowest BCUT2D eigenvalue weighted by atomic mass is 10.1. The maximum atomic E-state index is 11.3. The van der Waals surface area contributed by atoms with Gasteiger partial charge in [-0.3, -0.25) is 4.79 Å². The number of carbonyl (C=O) groups excluding carboxylic acids is 1. The van der Waals surface area contributed by atoms with Crippen molar-refractivity contribution in [3.05, 3.63) is 0 Å². The van der Waals surface area contributed by atoms with E-state index in [0.717, 1.165) is 25.7 Å². The summed E-state index contributed by atoms with van der Waals surface area (Å²) in [6.07, 6.45) is 3.96. The molecule has 0 aromatic rings. The van der Waals surface area contributed by atoms with Crippen LogP contribution in [0.5, 0.6) is 0 Å². The van der Waals surface area contributed by atoms with Gasteiger partial charge in [-0.2, -0.15) is 0 Å². The van der Waals surface area contributed by atoms with E-state index < -0.39 is 0 Å². The van der Waals surface area contributed by atoms with E-state index in [9.17, 15) is 4.79 Å². The highest BCUT2D eigenvalue weighted by Crippen LogP contribution is 2.26. The molecule has 0 aromatic heterocycles. The van der Waals surface area contributed by atoms with Crippen LogP contribution < -0.4 is 0 Å². The molecule has 1 aliphatic rings. The average Bonchev–Trinajstić information content (AvgIpc) is 2.43. The third kappa shape index (κ3) is 2.44. The number of amides is 1. The summed E-state index contributed by atoms with van der Waals surface area (Å²) in [6, 6.07) is 0.765. The Morgan fingerprint density at radius 1 is 1.54 bits per heavy atom. The van der Waals surface area contributed by atoms with E-state index in [1.54, 1.807) is 6.92 Å². The van der Waals surface area contributed by atoms with E-state index in [4.69, 9.17) is 5.11 Å². The number of hydrogen-bond donors (Lipinski definition) is 1. The van der Waals surface area contributed by atoms with E-state index >= 15 is 0 Å². The lowest BCUT2D eigenvalue weighted by molar-refractivity contribution is -0.131. The quantitative estimate of drug-likeness (QED) is 0.716. The Bertz CT molecular complexity index is 182. The van der Waals surface area contributed by atoms with Crippen LogP contribution in [0.1, 0.15) is 39.5 Å². The Kier molecular flexibility index (Phi) is 3.72. The van der Waals surface area contributed by atoms with E-state index in [-0.39, 0.29) is 12.5 Å². The molecule has 1 amide bonds. The van der Waals surface area contributed by atoms with Crippen molar-refractivity contribution in [2.75, 3.05) is 6.61 Å². The van der Waals surface area contributed by atoms with Crippen LogP contribution >= 0.6 is 0 Å². The highest BCUT2D eigenvalue weighted by Gasteiger charge is 2.31. The second kappa shape index (κ2) is 4.61. The highest BCUT2D eigenvalue weighted by molar-refractivity contribution is 5.74. The Labute approximate surface area is 79.7 Å². The number of likely N-dealkylation sites (tertiary alicyclic amines) is 1. The number of aliphatic hydroxyl groups excluding tert-OH is 1. The average molecular weight is 185 g/mol. The first-order valence-corrected chi connectivity index (χ1v) is 5.06. The molecule has 1 N–H and O–H groups in total. The molecule has 1 fully saturated rings. The molecule has 0 radical (unpaired) electrons. The van der Waals surface area contributed by atoms with Crippen molar-refractivity contribution in [3.8, 4) is 0 Å². The molecule has 13 heavy (non-hydrogen) atoms. The summed E-state index contributed by atoms with van der Waals surface area (Å²) in [5.41, 5.74) is 0. The van der Waals surface area contributed by atoms with Crippen LogP contribution in [-0.2, 0) is 4.79 Å². The topological polar surface area (TPSA) is 40.5 Å². The van der Waals surface area contributed by atoms with Crippen molar-refractivity contribution in [1.29, 1.82) is 0 Å². The third-order valence-corrected chi connectivity index (χ3v) is 2.84. The summed E-state index contributed by atoms with van der Waals surface area (Å²) >= 11 is 0. The first kappa shape index (κ1) is 10.5. The van der Waals surface area contributed by atoms with Gasteiger partial charge in [0.05, 0.1) is 0 Å². The molecule has 3 heteroatoms. The monoisotopic (exact) mass is 185 g/mol. The Balaban J connectivity index is 2.49. The van der Waals surface area contributed by atoms with E-state index in [1.807, 2.05) is 4.90 Å². The van der Waals surface area contributed by atoms with Crippen molar-refractivity contribution in [2.45, 2.75) is 51.6 Å². The number of nitrogens with zero attached hydrogens (tertiary/aromatic N) is 1. The van der Waals surface area contributed by atoms with Crippen LogP contribution in [0.25, 0.3) is 0 Å². The Morgan fingerprint density at radius 2 is 2.23 bits per heavy atom. The predicted octanol–water partition coefficient (Wildman–Crippen LogP) is 1.16. The van der Waals surface area contributed by atoms with Gasteiger partial charge in [-0.05, 0) is 32.6 Å². The van der Waals surface area contributed by atoms with Gasteiger partial charge in [-0.25, -0.2) is 0 Å². The fourth-order valence-corrected chi connectivity index (χ4v) is 2.25. The number of rotatable bonds is 3. The zero-order valence-electron chi connectivity index (χ0n) is 8.49. The number of aliphatic hydroxyl groups is 1. The van der Waals surface area contributed by atoms with Crippen molar-refractivity contribution in [3.63, 3.8) is 0 Å². The largest absolute Gasteiger partial charge is 0.396 e. The molecule has 3 nitrogen and oxygen atoms in total. The molecule has 1 heterocycles. The van der Waals surface area contributed by atoms with Gasteiger partial charge < -0.3 is 10.0 Å². The maximum Gasteiger partial charge on any atom is 0.219 e. The van der Waals surface area contributed by atoms with E-state index in [0.29, 0.717) is 12.1 Å². The molecule has 0 spiro atoms. The third-order valence-electron chi connectivity index (χ3n) is 2.84. The standard InChI is InChI=1S/C10H19NO2/c1-8-5-6-10(4-3-7-12)11(8)9(2)13/h8,10,12H,3-7H2,1-2H3/t8-,10-/m1/s1. The molecule has 0 saturated carbocycles. The maximum absolute atomic E-state index is 11.3. The number of carbonyl (C=O) groups is 1. The van der Waals surface area contributed by atoms with Gasteiger partial charge in [-0.15, -0.1) is 0 Å². The Hall–Kier alpha value is -0.570. The van der Waals surface area contributed by atoms with Gasteiger partial charge in [-0.1, -0.05) is 0 Å². The van der Waals surface area contributed by atoms with Gasteiger partial charge in [0.25, 0.3) is 0 Å². The summed E-state index contributed by atoms with van der Waals surface area (Å²) in [6.45, 7) is 3.96. The second-order valence-corrected chi connectivity index (χ2v) is 3.87. The van der Waals surface area contributed by atoms with Gasteiger partial charge in [0.2, 0.25) is 5.91 Å².